The van der Waals surface area contributed by atoms with Gasteiger partial charge >= 0.3 is 5.97 Å². The quantitative estimate of drug-likeness (QED) is 0.607. The molecule has 0 spiro atoms. The number of ether oxygens (including phenoxy) is 1. The van der Waals surface area contributed by atoms with Gasteiger partial charge in [0.2, 0.25) is 0 Å². The number of hydrogen-bond acceptors (Lipinski definition) is 5. The Bertz CT molecular complexity index is 795. The SMILES string of the molecule is CCNC(=O)c1cccc(NC(=O)COC(=O)c2cccnc2Cl)c1. The second kappa shape index (κ2) is 8.79. The fourth-order valence-corrected chi connectivity index (χ4v) is 2.14. The summed E-state index contributed by atoms with van der Waals surface area (Å²) in [5.74, 6) is -1.53. The molecule has 0 atom stereocenters. The van der Waals surface area contributed by atoms with E-state index in [4.69, 9.17) is 16.3 Å². The number of esters is 1. The number of nitrogens with zero attached hydrogens (tertiary/aromatic N) is 1. The predicted molar refractivity (Wildman–Crippen MR) is 92.6 cm³/mol. The Hall–Kier alpha value is -2.93. The second-order valence-corrected chi connectivity index (χ2v) is 5.26. The van der Waals surface area contributed by atoms with Gasteiger partial charge in [0.05, 0.1) is 5.56 Å². The van der Waals surface area contributed by atoms with Gasteiger partial charge in [-0.15, -0.1) is 0 Å². The Morgan fingerprint density at radius 3 is 2.72 bits per heavy atom. The van der Waals surface area contributed by atoms with Crippen molar-refractivity contribution in [2.24, 2.45) is 0 Å². The topological polar surface area (TPSA) is 97.4 Å². The summed E-state index contributed by atoms with van der Waals surface area (Å²) in [5.41, 5.74) is 0.915. The van der Waals surface area contributed by atoms with Gasteiger partial charge in [-0.25, -0.2) is 9.78 Å². The molecule has 7 nitrogen and oxygen atoms in total. The van der Waals surface area contributed by atoms with E-state index in [0.717, 1.165) is 0 Å². The van der Waals surface area contributed by atoms with Gasteiger partial charge in [0.1, 0.15) is 5.15 Å². The number of pyridine rings is 1. The molecular formula is C17H16ClN3O4. The van der Waals surface area contributed by atoms with E-state index in [-0.39, 0.29) is 16.6 Å². The highest BCUT2D eigenvalue weighted by Crippen LogP contribution is 2.13. The Morgan fingerprint density at radius 2 is 2.00 bits per heavy atom. The third kappa shape index (κ3) is 5.29. The van der Waals surface area contributed by atoms with E-state index in [1.54, 1.807) is 18.2 Å². The lowest BCUT2D eigenvalue weighted by Crippen LogP contribution is -2.23. The lowest BCUT2D eigenvalue weighted by molar-refractivity contribution is -0.119. The van der Waals surface area contributed by atoms with Crippen LogP contribution in [0.2, 0.25) is 5.15 Å². The highest BCUT2D eigenvalue weighted by Gasteiger charge is 2.14. The van der Waals surface area contributed by atoms with Crippen molar-refractivity contribution in [3.63, 3.8) is 0 Å². The number of nitrogens with one attached hydrogen (secondary N) is 2. The van der Waals surface area contributed by atoms with Crippen LogP contribution in [0.1, 0.15) is 27.6 Å². The molecule has 0 aliphatic rings. The third-order valence-corrected chi connectivity index (χ3v) is 3.36. The minimum absolute atomic E-state index is 0.00236. The minimum atomic E-state index is -0.746. The highest BCUT2D eigenvalue weighted by molar-refractivity contribution is 6.32. The number of rotatable bonds is 6. The molecule has 2 N–H and O–H groups in total. The molecular weight excluding hydrogens is 346 g/mol. The fraction of sp³-hybridized carbons (Fsp3) is 0.176. The molecule has 2 rings (SSSR count). The summed E-state index contributed by atoms with van der Waals surface area (Å²) in [7, 11) is 0. The Balaban J connectivity index is 1.92. The fourth-order valence-electron chi connectivity index (χ4n) is 1.95. The molecule has 8 heteroatoms. The molecule has 25 heavy (non-hydrogen) atoms. The number of benzene rings is 1. The number of amides is 2. The first-order chi connectivity index (χ1) is 12.0. The number of aromatic nitrogens is 1. The summed E-state index contributed by atoms with van der Waals surface area (Å²) in [5, 5.41) is 5.22. The third-order valence-electron chi connectivity index (χ3n) is 3.06. The standard InChI is InChI=1S/C17H16ClN3O4/c1-2-19-16(23)11-5-3-6-12(9-11)21-14(22)10-25-17(24)13-7-4-8-20-15(13)18/h3-9H,2,10H2,1H3,(H,19,23)(H,21,22). The lowest BCUT2D eigenvalue weighted by atomic mass is 10.2. The van der Waals surface area contributed by atoms with Gasteiger partial charge in [0, 0.05) is 24.0 Å². The molecule has 0 fully saturated rings. The van der Waals surface area contributed by atoms with Gasteiger partial charge in [0.25, 0.3) is 11.8 Å². The normalized spacial score (nSPS) is 10.0. The van der Waals surface area contributed by atoms with Crippen LogP contribution in [-0.2, 0) is 9.53 Å². The van der Waals surface area contributed by atoms with Crippen LogP contribution >= 0.6 is 11.6 Å². The zero-order chi connectivity index (χ0) is 18.2. The summed E-state index contributed by atoms with van der Waals surface area (Å²) >= 11 is 5.79. The van der Waals surface area contributed by atoms with E-state index in [1.165, 1.54) is 24.4 Å². The van der Waals surface area contributed by atoms with Gasteiger partial charge in [-0.3, -0.25) is 9.59 Å². The zero-order valence-electron chi connectivity index (χ0n) is 13.4. The van der Waals surface area contributed by atoms with Crippen LogP contribution < -0.4 is 10.6 Å². The highest BCUT2D eigenvalue weighted by atomic mass is 35.5. The molecule has 1 aromatic heterocycles. The van der Waals surface area contributed by atoms with E-state index >= 15 is 0 Å². The van der Waals surface area contributed by atoms with Crippen molar-refractivity contribution in [2.75, 3.05) is 18.5 Å². The average Bonchev–Trinajstić information content (AvgIpc) is 2.60. The monoisotopic (exact) mass is 361 g/mol. The summed E-state index contributed by atoms with van der Waals surface area (Å²) in [4.78, 5) is 39.3. The van der Waals surface area contributed by atoms with E-state index in [1.807, 2.05) is 6.92 Å². The van der Waals surface area contributed by atoms with Crippen LogP contribution in [0.4, 0.5) is 5.69 Å². The lowest BCUT2D eigenvalue weighted by Gasteiger charge is -2.08. The minimum Gasteiger partial charge on any atom is -0.452 e. The van der Waals surface area contributed by atoms with Crippen LogP contribution in [0, 0.1) is 0 Å². The van der Waals surface area contributed by atoms with E-state index in [0.29, 0.717) is 17.8 Å². The summed E-state index contributed by atoms with van der Waals surface area (Å²) in [6, 6.07) is 9.41. The number of anilines is 1. The molecule has 0 aliphatic heterocycles. The Labute approximate surface area is 149 Å². The Morgan fingerprint density at radius 1 is 1.20 bits per heavy atom. The average molecular weight is 362 g/mol. The maximum atomic E-state index is 11.9. The van der Waals surface area contributed by atoms with Crippen molar-refractivity contribution in [3.05, 3.63) is 58.9 Å². The van der Waals surface area contributed by atoms with Crippen molar-refractivity contribution in [3.8, 4) is 0 Å². The van der Waals surface area contributed by atoms with E-state index < -0.39 is 18.5 Å². The van der Waals surface area contributed by atoms with Crippen LogP contribution in [0.15, 0.2) is 42.6 Å². The molecule has 1 heterocycles. The largest absolute Gasteiger partial charge is 0.452 e. The first kappa shape index (κ1) is 18.4. The molecule has 130 valence electrons. The van der Waals surface area contributed by atoms with E-state index in [9.17, 15) is 14.4 Å². The number of carbonyl (C=O) groups is 3. The molecule has 0 bridgehead atoms. The molecule has 0 saturated carbocycles. The van der Waals surface area contributed by atoms with Crippen molar-refractivity contribution < 1.29 is 19.1 Å². The molecule has 0 radical (unpaired) electrons. The van der Waals surface area contributed by atoms with Crippen molar-refractivity contribution >= 4 is 35.1 Å². The van der Waals surface area contributed by atoms with Crippen LogP contribution in [-0.4, -0.2) is 35.9 Å². The molecule has 0 aliphatic carbocycles. The Kier molecular flexibility index (Phi) is 6.47. The smallest absolute Gasteiger partial charge is 0.341 e. The van der Waals surface area contributed by atoms with Crippen LogP contribution in [0.5, 0.6) is 0 Å². The molecule has 1 aromatic carbocycles. The van der Waals surface area contributed by atoms with Gasteiger partial charge in [-0.2, -0.15) is 0 Å². The molecule has 0 saturated heterocycles. The summed E-state index contributed by atoms with van der Waals surface area (Å²) < 4.78 is 4.90. The van der Waals surface area contributed by atoms with Gasteiger partial charge in [-0.05, 0) is 37.3 Å². The maximum Gasteiger partial charge on any atom is 0.341 e. The molecule has 2 aromatic rings. The second-order valence-electron chi connectivity index (χ2n) is 4.91. The maximum absolute atomic E-state index is 11.9. The predicted octanol–water partition coefficient (Wildman–Crippen LogP) is 2.28. The number of carbonyl (C=O) groups excluding carboxylic acids is 3. The van der Waals surface area contributed by atoms with Gasteiger partial charge < -0.3 is 15.4 Å². The number of halogens is 1. The summed E-state index contributed by atoms with van der Waals surface area (Å²) in [6.45, 7) is 1.82. The first-order valence-electron chi connectivity index (χ1n) is 7.47. The van der Waals surface area contributed by atoms with Gasteiger partial charge in [0.15, 0.2) is 6.61 Å². The summed E-state index contributed by atoms with van der Waals surface area (Å²) in [6.07, 6.45) is 1.44. The first-order valence-corrected chi connectivity index (χ1v) is 7.84. The van der Waals surface area contributed by atoms with Crippen LogP contribution in [0.25, 0.3) is 0 Å². The zero-order valence-corrected chi connectivity index (χ0v) is 14.2. The molecule has 0 unspecified atom stereocenters. The van der Waals surface area contributed by atoms with Crippen molar-refractivity contribution in [2.45, 2.75) is 6.92 Å². The van der Waals surface area contributed by atoms with Crippen molar-refractivity contribution in [1.82, 2.24) is 10.3 Å². The van der Waals surface area contributed by atoms with Gasteiger partial charge in [-0.1, -0.05) is 17.7 Å². The van der Waals surface area contributed by atoms with Crippen LogP contribution in [0.3, 0.4) is 0 Å². The molecule has 2 amide bonds. The van der Waals surface area contributed by atoms with Crippen molar-refractivity contribution in [1.29, 1.82) is 0 Å². The van der Waals surface area contributed by atoms with E-state index in [2.05, 4.69) is 15.6 Å². The number of hydrogen-bond donors (Lipinski definition) is 2.